The van der Waals surface area contributed by atoms with Gasteiger partial charge in [0, 0.05) is 30.4 Å². The minimum atomic E-state index is -0.310. The molecule has 110 valence electrons. The standard InChI is InChI=1S/C17H19FN2O/c1-2-14-8-12(11-19-15-6-7-15)9-17(20-14)21-16-5-3-4-13(18)10-16/h3-5,8-10,15,19H,2,6-7,11H2,1H3. The second-order valence-electron chi connectivity index (χ2n) is 5.37. The molecule has 1 fully saturated rings. The number of halogens is 1. The second kappa shape index (κ2) is 6.22. The molecule has 21 heavy (non-hydrogen) atoms. The highest BCUT2D eigenvalue weighted by Crippen LogP contribution is 2.23. The summed E-state index contributed by atoms with van der Waals surface area (Å²) in [6.07, 6.45) is 3.37. The van der Waals surface area contributed by atoms with Crippen molar-refractivity contribution in [3.05, 3.63) is 53.5 Å². The maximum atomic E-state index is 13.2. The first-order valence-electron chi connectivity index (χ1n) is 7.39. The van der Waals surface area contributed by atoms with Crippen LogP contribution in [-0.2, 0) is 13.0 Å². The molecule has 1 aromatic heterocycles. The minimum absolute atomic E-state index is 0.310. The van der Waals surface area contributed by atoms with E-state index in [2.05, 4.69) is 23.3 Å². The summed E-state index contributed by atoms with van der Waals surface area (Å²) in [7, 11) is 0. The molecule has 0 amide bonds. The molecule has 0 atom stereocenters. The number of benzene rings is 1. The van der Waals surface area contributed by atoms with Crippen molar-refractivity contribution in [1.29, 1.82) is 0 Å². The second-order valence-corrected chi connectivity index (χ2v) is 5.37. The predicted octanol–water partition coefficient (Wildman–Crippen LogP) is 3.83. The van der Waals surface area contributed by atoms with Gasteiger partial charge in [-0.25, -0.2) is 9.37 Å². The van der Waals surface area contributed by atoms with Crippen LogP contribution in [-0.4, -0.2) is 11.0 Å². The average molecular weight is 286 g/mol. The van der Waals surface area contributed by atoms with Crippen molar-refractivity contribution in [2.45, 2.75) is 38.8 Å². The molecule has 3 rings (SSSR count). The summed E-state index contributed by atoms with van der Waals surface area (Å²) in [5.41, 5.74) is 2.14. The molecule has 1 saturated carbocycles. The number of nitrogens with zero attached hydrogens (tertiary/aromatic N) is 1. The molecule has 0 bridgehead atoms. The van der Waals surface area contributed by atoms with Crippen molar-refractivity contribution in [3.63, 3.8) is 0 Å². The van der Waals surface area contributed by atoms with E-state index < -0.39 is 0 Å². The Morgan fingerprint density at radius 2 is 2.14 bits per heavy atom. The van der Waals surface area contributed by atoms with Gasteiger partial charge in [-0.3, -0.25) is 0 Å². The van der Waals surface area contributed by atoms with Crippen LogP contribution in [0.5, 0.6) is 11.6 Å². The average Bonchev–Trinajstić information content (AvgIpc) is 3.29. The number of ether oxygens (including phenoxy) is 1. The Kier molecular flexibility index (Phi) is 4.15. The SMILES string of the molecule is CCc1cc(CNC2CC2)cc(Oc2cccc(F)c2)n1. The van der Waals surface area contributed by atoms with Gasteiger partial charge in [0.05, 0.1) is 0 Å². The highest BCUT2D eigenvalue weighted by atomic mass is 19.1. The lowest BCUT2D eigenvalue weighted by Gasteiger charge is -2.10. The van der Waals surface area contributed by atoms with Crippen LogP contribution >= 0.6 is 0 Å². The fraction of sp³-hybridized carbons (Fsp3) is 0.353. The van der Waals surface area contributed by atoms with Crippen LogP contribution in [0.2, 0.25) is 0 Å². The van der Waals surface area contributed by atoms with Gasteiger partial charge < -0.3 is 10.1 Å². The Bertz CT molecular complexity index is 626. The molecule has 0 saturated heterocycles. The van der Waals surface area contributed by atoms with E-state index in [0.29, 0.717) is 17.7 Å². The van der Waals surface area contributed by atoms with Crippen molar-refractivity contribution in [2.24, 2.45) is 0 Å². The first-order chi connectivity index (χ1) is 10.2. The van der Waals surface area contributed by atoms with E-state index in [1.54, 1.807) is 12.1 Å². The Balaban J connectivity index is 1.77. The van der Waals surface area contributed by atoms with Crippen molar-refractivity contribution < 1.29 is 9.13 Å². The molecule has 4 heteroatoms. The number of rotatable bonds is 6. The zero-order valence-electron chi connectivity index (χ0n) is 12.1. The van der Waals surface area contributed by atoms with Gasteiger partial charge in [-0.05, 0) is 43.0 Å². The third kappa shape index (κ3) is 4.02. The highest BCUT2D eigenvalue weighted by molar-refractivity contribution is 5.31. The first-order valence-corrected chi connectivity index (χ1v) is 7.39. The predicted molar refractivity (Wildman–Crippen MR) is 80.0 cm³/mol. The quantitative estimate of drug-likeness (QED) is 0.876. The maximum absolute atomic E-state index is 13.2. The van der Waals surface area contributed by atoms with Gasteiger partial charge in [0.25, 0.3) is 0 Å². The van der Waals surface area contributed by atoms with Crippen LogP contribution in [0, 0.1) is 5.82 Å². The summed E-state index contributed by atoms with van der Waals surface area (Å²) in [6, 6.07) is 10.8. The van der Waals surface area contributed by atoms with Crippen molar-refractivity contribution >= 4 is 0 Å². The number of hydrogen-bond donors (Lipinski definition) is 1. The Morgan fingerprint density at radius 1 is 1.29 bits per heavy atom. The van der Waals surface area contributed by atoms with E-state index in [1.807, 2.05) is 6.07 Å². The topological polar surface area (TPSA) is 34.1 Å². The van der Waals surface area contributed by atoms with Gasteiger partial charge in [0.15, 0.2) is 0 Å². The Hall–Kier alpha value is -1.94. The summed E-state index contributed by atoms with van der Waals surface area (Å²) in [4.78, 5) is 4.45. The lowest BCUT2D eigenvalue weighted by atomic mass is 10.2. The van der Waals surface area contributed by atoms with Gasteiger partial charge in [-0.2, -0.15) is 0 Å². The van der Waals surface area contributed by atoms with Crippen LogP contribution in [0.4, 0.5) is 4.39 Å². The van der Waals surface area contributed by atoms with E-state index in [9.17, 15) is 4.39 Å². The summed E-state index contributed by atoms with van der Waals surface area (Å²) in [6.45, 7) is 2.88. The fourth-order valence-corrected chi connectivity index (χ4v) is 2.16. The van der Waals surface area contributed by atoms with Crippen molar-refractivity contribution in [2.75, 3.05) is 0 Å². The molecular formula is C17H19FN2O. The number of aryl methyl sites for hydroxylation is 1. The molecule has 1 heterocycles. The van der Waals surface area contributed by atoms with Crippen molar-refractivity contribution in [1.82, 2.24) is 10.3 Å². The number of pyridine rings is 1. The van der Waals surface area contributed by atoms with Gasteiger partial charge in [0.1, 0.15) is 11.6 Å². The van der Waals surface area contributed by atoms with Crippen LogP contribution in [0.3, 0.4) is 0 Å². The van der Waals surface area contributed by atoms with Crippen molar-refractivity contribution in [3.8, 4) is 11.6 Å². The summed E-state index contributed by atoms with van der Waals surface area (Å²) >= 11 is 0. The summed E-state index contributed by atoms with van der Waals surface area (Å²) in [5, 5.41) is 3.48. The molecule has 0 radical (unpaired) electrons. The highest BCUT2D eigenvalue weighted by Gasteiger charge is 2.20. The zero-order chi connectivity index (χ0) is 14.7. The molecule has 1 aliphatic carbocycles. The minimum Gasteiger partial charge on any atom is -0.439 e. The van der Waals surface area contributed by atoms with E-state index in [0.717, 1.165) is 24.2 Å². The van der Waals surface area contributed by atoms with E-state index in [4.69, 9.17) is 4.74 Å². The van der Waals surface area contributed by atoms with Crippen LogP contribution in [0.25, 0.3) is 0 Å². The van der Waals surface area contributed by atoms with E-state index in [1.165, 1.54) is 25.0 Å². The van der Waals surface area contributed by atoms with Gasteiger partial charge in [0.2, 0.25) is 5.88 Å². The first kappa shape index (κ1) is 14.0. The lowest BCUT2D eigenvalue weighted by molar-refractivity contribution is 0.455. The Labute approximate surface area is 124 Å². The molecule has 0 aliphatic heterocycles. The van der Waals surface area contributed by atoms with Gasteiger partial charge in [-0.15, -0.1) is 0 Å². The lowest BCUT2D eigenvalue weighted by Crippen LogP contribution is -2.15. The van der Waals surface area contributed by atoms with Gasteiger partial charge in [-0.1, -0.05) is 13.0 Å². The molecule has 0 unspecified atom stereocenters. The molecule has 0 spiro atoms. The smallest absolute Gasteiger partial charge is 0.219 e. The van der Waals surface area contributed by atoms with Gasteiger partial charge >= 0.3 is 0 Å². The van der Waals surface area contributed by atoms with E-state index in [-0.39, 0.29) is 5.82 Å². The fourth-order valence-electron chi connectivity index (χ4n) is 2.16. The number of hydrogen-bond acceptors (Lipinski definition) is 3. The summed E-state index contributed by atoms with van der Waals surface area (Å²) in [5.74, 6) is 0.680. The molecule has 1 N–H and O–H groups in total. The van der Waals surface area contributed by atoms with E-state index >= 15 is 0 Å². The largest absolute Gasteiger partial charge is 0.439 e. The maximum Gasteiger partial charge on any atom is 0.219 e. The molecule has 1 aromatic carbocycles. The molecule has 3 nitrogen and oxygen atoms in total. The molecular weight excluding hydrogens is 267 g/mol. The molecule has 1 aliphatic rings. The number of aromatic nitrogens is 1. The summed E-state index contributed by atoms with van der Waals surface area (Å²) < 4.78 is 18.9. The monoisotopic (exact) mass is 286 g/mol. The molecule has 2 aromatic rings. The zero-order valence-corrected chi connectivity index (χ0v) is 12.1. The third-order valence-electron chi connectivity index (χ3n) is 3.47. The van der Waals surface area contributed by atoms with Crippen LogP contribution < -0.4 is 10.1 Å². The number of nitrogens with one attached hydrogen (secondary N) is 1. The van der Waals surface area contributed by atoms with Crippen LogP contribution in [0.15, 0.2) is 36.4 Å². The van der Waals surface area contributed by atoms with Crippen LogP contribution in [0.1, 0.15) is 31.0 Å². The normalized spacial score (nSPS) is 14.2. The third-order valence-corrected chi connectivity index (χ3v) is 3.47. The Morgan fingerprint density at radius 3 is 2.86 bits per heavy atom.